The molecule has 0 aliphatic carbocycles. The monoisotopic (exact) mass is 327 g/mol. The maximum atomic E-state index is 11.9. The van der Waals surface area contributed by atoms with Gasteiger partial charge >= 0.3 is 18.0 Å². The number of carbonyl (C=O) groups is 4. The number of rotatable bonds is 2. The SMILES string of the molecule is CN(C)C(=O)N1CC2CNCC(C2)C1=O.O=C(O)/C=C/C(=O)O. The number of amides is 3. The van der Waals surface area contributed by atoms with Crippen LogP contribution in [0, 0.1) is 11.8 Å². The molecule has 2 heterocycles. The summed E-state index contributed by atoms with van der Waals surface area (Å²) in [6, 6.07) is -0.184. The van der Waals surface area contributed by atoms with Crippen LogP contribution in [-0.2, 0) is 14.4 Å². The van der Waals surface area contributed by atoms with E-state index in [9.17, 15) is 19.2 Å². The number of aliphatic carboxylic acids is 2. The van der Waals surface area contributed by atoms with Crippen LogP contribution in [-0.4, -0.2) is 77.6 Å². The maximum Gasteiger partial charge on any atom is 0.328 e. The highest BCUT2D eigenvalue weighted by Gasteiger charge is 2.39. The zero-order chi connectivity index (χ0) is 17.6. The highest BCUT2D eigenvalue weighted by atomic mass is 16.4. The van der Waals surface area contributed by atoms with Crippen molar-refractivity contribution in [3.8, 4) is 0 Å². The number of urea groups is 1. The summed E-state index contributed by atoms with van der Waals surface area (Å²) in [5.41, 5.74) is 0. The number of fused-ring (bicyclic) bond motifs is 2. The van der Waals surface area contributed by atoms with Crippen molar-refractivity contribution in [2.75, 3.05) is 33.7 Å². The van der Waals surface area contributed by atoms with E-state index in [1.807, 2.05) is 0 Å². The molecule has 2 saturated heterocycles. The molecule has 2 aliphatic rings. The fourth-order valence-corrected chi connectivity index (χ4v) is 2.48. The second kappa shape index (κ2) is 8.28. The molecule has 0 aromatic heterocycles. The Morgan fingerprint density at radius 3 is 2.22 bits per heavy atom. The molecule has 0 spiro atoms. The molecule has 3 N–H and O–H groups in total. The number of piperidine rings is 2. The minimum Gasteiger partial charge on any atom is -0.478 e. The quantitative estimate of drug-likeness (QED) is 0.581. The zero-order valence-electron chi connectivity index (χ0n) is 13.1. The third kappa shape index (κ3) is 5.70. The average molecular weight is 327 g/mol. The summed E-state index contributed by atoms with van der Waals surface area (Å²) < 4.78 is 0. The lowest BCUT2D eigenvalue weighted by Gasteiger charge is -2.40. The number of nitrogens with zero attached hydrogens (tertiary/aromatic N) is 2. The number of nitrogens with one attached hydrogen (secondary N) is 1. The smallest absolute Gasteiger partial charge is 0.328 e. The zero-order valence-corrected chi connectivity index (χ0v) is 13.1. The number of hydrogen-bond acceptors (Lipinski definition) is 5. The third-order valence-electron chi connectivity index (χ3n) is 3.48. The molecular formula is C14H21N3O6. The summed E-state index contributed by atoms with van der Waals surface area (Å²) >= 11 is 0. The van der Waals surface area contributed by atoms with Crippen molar-refractivity contribution in [3.05, 3.63) is 12.2 Å². The van der Waals surface area contributed by atoms with Gasteiger partial charge in [-0.15, -0.1) is 0 Å². The molecule has 2 unspecified atom stereocenters. The Kier molecular flexibility index (Phi) is 6.70. The standard InChI is InChI=1S/C10H17N3O2.C4H4O4/c1-12(2)10(15)13-6-7-3-8(9(13)14)5-11-4-7;5-3(6)1-2-4(7)8/h7-8,11H,3-6H2,1-2H3;1-2H,(H,5,6)(H,7,8)/b;2-1+. The Bertz CT molecular complexity index is 501. The van der Waals surface area contributed by atoms with E-state index >= 15 is 0 Å². The van der Waals surface area contributed by atoms with Gasteiger partial charge in [0.05, 0.1) is 5.92 Å². The predicted molar refractivity (Wildman–Crippen MR) is 79.7 cm³/mol. The van der Waals surface area contributed by atoms with Gasteiger partial charge < -0.3 is 20.4 Å². The van der Waals surface area contributed by atoms with Gasteiger partial charge in [-0.2, -0.15) is 0 Å². The molecule has 9 heteroatoms. The molecule has 2 aliphatic heterocycles. The van der Waals surface area contributed by atoms with E-state index in [4.69, 9.17) is 10.2 Å². The third-order valence-corrected chi connectivity index (χ3v) is 3.48. The van der Waals surface area contributed by atoms with Gasteiger partial charge in [-0.1, -0.05) is 0 Å². The van der Waals surface area contributed by atoms with Gasteiger partial charge in [0.25, 0.3) is 0 Å². The van der Waals surface area contributed by atoms with Crippen LogP contribution in [0.3, 0.4) is 0 Å². The van der Waals surface area contributed by atoms with Crippen LogP contribution >= 0.6 is 0 Å². The van der Waals surface area contributed by atoms with E-state index in [0.717, 1.165) is 13.0 Å². The van der Waals surface area contributed by atoms with Crippen LogP contribution in [0.25, 0.3) is 0 Å². The molecule has 3 amide bonds. The Morgan fingerprint density at radius 2 is 1.74 bits per heavy atom. The van der Waals surface area contributed by atoms with Gasteiger partial charge in [0.15, 0.2) is 0 Å². The molecule has 2 rings (SSSR count). The van der Waals surface area contributed by atoms with Crippen molar-refractivity contribution < 1.29 is 29.4 Å². The first-order valence-corrected chi connectivity index (χ1v) is 7.09. The van der Waals surface area contributed by atoms with Gasteiger partial charge in [0, 0.05) is 39.3 Å². The van der Waals surface area contributed by atoms with Crippen LogP contribution in [0.2, 0.25) is 0 Å². The highest BCUT2D eigenvalue weighted by Crippen LogP contribution is 2.26. The van der Waals surface area contributed by atoms with Crippen LogP contribution in [0.15, 0.2) is 12.2 Å². The van der Waals surface area contributed by atoms with Crippen LogP contribution in [0.5, 0.6) is 0 Å². The summed E-state index contributed by atoms with van der Waals surface area (Å²) in [4.78, 5) is 45.6. The summed E-state index contributed by atoms with van der Waals surface area (Å²) in [5, 5.41) is 18.9. The fourth-order valence-electron chi connectivity index (χ4n) is 2.48. The molecule has 0 saturated carbocycles. The lowest BCUT2D eigenvalue weighted by atomic mass is 9.85. The van der Waals surface area contributed by atoms with Crippen LogP contribution < -0.4 is 5.32 Å². The Labute approximate surface area is 133 Å². The van der Waals surface area contributed by atoms with Crippen molar-refractivity contribution in [1.29, 1.82) is 0 Å². The first kappa shape index (κ1) is 18.6. The average Bonchev–Trinajstić information content (AvgIpc) is 2.49. The summed E-state index contributed by atoms with van der Waals surface area (Å²) in [7, 11) is 3.36. The summed E-state index contributed by atoms with van der Waals surface area (Å²) in [6.45, 7) is 2.20. The largest absolute Gasteiger partial charge is 0.478 e. The topological polar surface area (TPSA) is 127 Å². The predicted octanol–water partition coefficient (Wildman–Crippen LogP) is -0.552. The minimum atomic E-state index is -1.26. The Morgan fingerprint density at radius 1 is 1.17 bits per heavy atom. The molecule has 0 aromatic carbocycles. The van der Waals surface area contributed by atoms with E-state index in [-0.39, 0.29) is 17.9 Å². The lowest BCUT2D eigenvalue weighted by molar-refractivity contribution is -0.138. The highest BCUT2D eigenvalue weighted by molar-refractivity contribution is 5.96. The molecule has 0 radical (unpaired) electrons. The molecule has 128 valence electrons. The van der Waals surface area contributed by atoms with E-state index in [1.54, 1.807) is 14.1 Å². The number of carbonyl (C=O) groups excluding carboxylic acids is 2. The van der Waals surface area contributed by atoms with Gasteiger partial charge in [0.1, 0.15) is 0 Å². The number of likely N-dealkylation sites (tertiary alicyclic amines) is 1. The molecular weight excluding hydrogens is 306 g/mol. The molecule has 0 aromatic rings. The van der Waals surface area contributed by atoms with E-state index in [1.165, 1.54) is 9.80 Å². The molecule has 23 heavy (non-hydrogen) atoms. The first-order valence-electron chi connectivity index (χ1n) is 7.09. The van der Waals surface area contributed by atoms with E-state index in [0.29, 0.717) is 31.2 Å². The van der Waals surface area contributed by atoms with Gasteiger partial charge in [-0.05, 0) is 18.9 Å². The van der Waals surface area contributed by atoms with Crippen molar-refractivity contribution in [1.82, 2.24) is 15.1 Å². The summed E-state index contributed by atoms with van der Waals surface area (Å²) in [5.74, 6) is -2.09. The van der Waals surface area contributed by atoms with Gasteiger partial charge in [-0.25, -0.2) is 14.4 Å². The van der Waals surface area contributed by atoms with E-state index in [2.05, 4.69) is 5.32 Å². The van der Waals surface area contributed by atoms with Crippen LogP contribution in [0.1, 0.15) is 6.42 Å². The number of carboxylic acids is 2. The van der Waals surface area contributed by atoms with E-state index < -0.39 is 11.9 Å². The molecule has 2 fully saturated rings. The second-order valence-corrected chi connectivity index (χ2v) is 5.59. The Balaban J connectivity index is 0.000000284. The van der Waals surface area contributed by atoms with Crippen molar-refractivity contribution in [3.63, 3.8) is 0 Å². The Hall–Kier alpha value is -2.42. The second-order valence-electron chi connectivity index (χ2n) is 5.59. The van der Waals surface area contributed by atoms with Gasteiger partial charge in [-0.3, -0.25) is 9.69 Å². The normalized spacial score (nSPS) is 23.0. The molecule has 9 nitrogen and oxygen atoms in total. The van der Waals surface area contributed by atoms with Crippen molar-refractivity contribution in [2.45, 2.75) is 6.42 Å². The number of carboxylic acid groups (broad SMARTS) is 2. The molecule has 2 bridgehead atoms. The van der Waals surface area contributed by atoms with Crippen molar-refractivity contribution in [2.24, 2.45) is 11.8 Å². The number of hydrogen-bond donors (Lipinski definition) is 3. The molecule has 2 atom stereocenters. The first-order chi connectivity index (χ1) is 10.7. The van der Waals surface area contributed by atoms with Gasteiger partial charge in [0.2, 0.25) is 5.91 Å². The fraction of sp³-hybridized carbons (Fsp3) is 0.571. The van der Waals surface area contributed by atoms with Crippen LogP contribution in [0.4, 0.5) is 4.79 Å². The lowest BCUT2D eigenvalue weighted by Crippen LogP contribution is -2.57. The minimum absolute atomic E-state index is 0.00130. The number of imide groups is 1. The van der Waals surface area contributed by atoms with Crippen molar-refractivity contribution >= 4 is 23.9 Å². The summed E-state index contributed by atoms with van der Waals surface area (Å²) in [6.07, 6.45) is 2.05. The maximum absolute atomic E-state index is 11.9.